The van der Waals surface area contributed by atoms with Gasteiger partial charge in [0.15, 0.2) is 0 Å². The Morgan fingerprint density at radius 2 is 1.72 bits per heavy atom. The van der Waals surface area contributed by atoms with Crippen molar-refractivity contribution >= 4 is 46.4 Å². The lowest BCUT2D eigenvalue weighted by molar-refractivity contribution is -0.130. The maximum atomic E-state index is 12.1. The van der Waals surface area contributed by atoms with E-state index in [1.54, 1.807) is 11.0 Å². The molecule has 4 nitrogen and oxygen atoms in total. The first-order valence-corrected chi connectivity index (χ1v) is 9.08. The van der Waals surface area contributed by atoms with E-state index in [0.717, 1.165) is 11.3 Å². The highest BCUT2D eigenvalue weighted by Crippen LogP contribution is 2.36. The highest BCUT2D eigenvalue weighted by molar-refractivity contribution is 6.36. The van der Waals surface area contributed by atoms with E-state index in [2.05, 4.69) is 4.90 Å². The summed E-state index contributed by atoms with van der Waals surface area (Å²) in [6, 6.07) is 13.1. The van der Waals surface area contributed by atoms with Crippen LogP contribution in [0.15, 0.2) is 42.5 Å². The van der Waals surface area contributed by atoms with Gasteiger partial charge in [-0.05, 0) is 35.9 Å². The SMILES string of the molecule is NCC(=O)N1CCN(c2ccc(Cl)cc2Cl)[C@H](c2ccc(Cl)cc2)C1. The molecule has 1 atom stereocenters. The van der Waals surface area contributed by atoms with Crippen LogP contribution in [0.25, 0.3) is 0 Å². The Balaban J connectivity index is 1.97. The number of carbonyl (C=O) groups excluding carboxylic acids is 1. The highest BCUT2D eigenvalue weighted by atomic mass is 35.5. The molecule has 0 spiro atoms. The number of nitrogens with zero attached hydrogens (tertiary/aromatic N) is 2. The molecule has 132 valence electrons. The number of anilines is 1. The molecule has 1 fully saturated rings. The lowest BCUT2D eigenvalue weighted by atomic mass is 10.0. The molecule has 1 aliphatic heterocycles. The number of nitrogens with two attached hydrogens (primary N) is 1. The fourth-order valence-corrected chi connectivity index (χ4v) is 3.75. The second-order valence-corrected chi connectivity index (χ2v) is 7.18. The zero-order chi connectivity index (χ0) is 18.0. The number of benzene rings is 2. The van der Waals surface area contributed by atoms with Crippen molar-refractivity contribution in [3.8, 4) is 0 Å². The molecule has 1 heterocycles. The zero-order valence-electron chi connectivity index (χ0n) is 13.5. The van der Waals surface area contributed by atoms with Gasteiger partial charge < -0.3 is 15.5 Å². The van der Waals surface area contributed by atoms with Crippen molar-refractivity contribution in [2.24, 2.45) is 5.73 Å². The van der Waals surface area contributed by atoms with Crippen molar-refractivity contribution in [1.29, 1.82) is 0 Å². The first-order chi connectivity index (χ1) is 12.0. The van der Waals surface area contributed by atoms with Crippen molar-refractivity contribution in [1.82, 2.24) is 4.90 Å². The Morgan fingerprint density at radius 1 is 1.04 bits per heavy atom. The van der Waals surface area contributed by atoms with Crippen molar-refractivity contribution in [2.75, 3.05) is 31.1 Å². The molecule has 1 amide bonds. The van der Waals surface area contributed by atoms with E-state index in [4.69, 9.17) is 40.5 Å². The van der Waals surface area contributed by atoms with E-state index in [0.29, 0.717) is 34.7 Å². The molecule has 2 N–H and O–H groups in total. The summed E-state index contributed by atoms with van der Waals surface area (Å²) in [5.74, 6) is -0.0548. The number of halogens is 3. The average Bonchev–Trinajstić information content (AvgIpc) is 2.61. The molecular formula is C18H18Cl3N3O. The summed E-state index contributed by atoms with van der Waals surface area (Å²) in [4.78, 5) is 16.1. The van der Waals surface area contributed by atoms with E-state index >= 15 is 0 Å². The molecule has 1 saturated heterocycles. The summed E-state index contributed by atoms with van der Waals surface area (Å²) in [5.41, 5.74) is 7.49. The maximum Gasteiger partial charge on any atom is 0.236 e. The van der Waals surface area contributed by atoms with Crippen molar-refractivity contribution < 1.29 is 4.79 Å². The van der Waals surface area contributed by atoms with Crippen LogP contribution in [0.2, 0.25) is 15.1 Å². The average molecular weight is 399 g/mol. The van der Waals surface area contributed by atoms with Crippen molar-refractivity contribution in [3.63, 3.8) is 0 Å². The molecule has 0 unspecified atom stereocenters. The molecule has 0 radical (unpaired) electrons. The standard InChI is InChI=1S/C18H18Cl3N3O/c19-13-3-1-12(2-4-13)17-11-23(18(25)10-22)7-8-24(17)16-6-5-14(20)9-15(16)21/h1-6,9,17H,7-8,10-11,22H2/t17-/m0/s1. The predicted octanol–water partition coefficient (Wildman–Crippen LogP) is 4.00. The zero-order valence-corrected chi connectivity index (χ0v) is 15.7. The molecular weight excluding hydrogens is 381 g/mol. The van der Waals surface area contributed by atoms with Crippen LogP contribution in [0.3, 0.4) is 0 Å². The minimum absolute atomic E-state index is 0.00897. The molecule has 0 aliphatic carbocycles. The number of amides is 1. The molecule has 0 aromatic heterocycles. The Labute approximate surface area is 162 Å². The second kappa shape index (κ2) is 7.83. The van der Waals surface area contributed by atoms with E-state index in [1.165, 1.54) is 0 Å². The minimum atomic E-state index is -0.0548. The number of hydrogen-bond acceptors (Lipinski definition) is 3. The van der Waals surface area contributed by atoms with E-state index < -0.39 is 0 Å². The van der Waals surface area contributed by atoms with E-state index in [9.17, 15) is 4.79 Å². The van der Waals surface area contributed by atoms with Gasteiger partial charge in [0.1, 0.15) is 0 Å². The molecule has 0 bridgehead atoms. The molecule has 25 heavy (non-hydrogen) atoms. The van der Waals surface area contributed by atoms with Gasteiger partial charge in [-0.1, -0.05) is 46.9 Å². The summed E-state index contributed by atoms with van der Waals surface area (Å²) < 4.78 is 0. The van der Waals surface area contributed by atoms with Crippen LogP contribution in [-0.4, -0.2) is 37.0 Å². The molecule has 7 heteroatoms. The molecule has 2 aromatic rings. The van der Waals surface area contributed by atoms with Gasteiger partial charge in [-0.25, -0.2) is 0 Å². The number of hydrogen-bond donors (Lipinski definition) is 1. The fourth-order valence-electron chi connectivity index (χ4n) is 3.11. The van der Waals surface area contributed by atoms with Crippen LogP contribution < -0.4 is 10.6 Å². The van der Waals surface area contributed by atoms with Gasteiger partial charge in [0.25, 0.3) is 0 Å². The summed E-state index contributed by atoms with van der Waals surface area (Å²) in [7, 11) is 0. The number of piperazine rings is 1. The van der Waals surface area contributed by atoms with E-state index in [1.807, 2.05) is 36.4 Å². The Morgan fingerprint density at radius 3 is 2.36 bits per heavy atom. The van der Waals surface area contributed by atoms with Gasteiger partial charge in [0, 0.05) is 29.7 Å². The van der Waals surface area contributed by atoms with Crippen LogP contribution in [0.1, 0.15) is 11.6 Å². The molecule has 2 aromatic carbocycles. The maximum absolute atomic E-state index is 12.1. The molecule has 3 rings (SSSR count). The predicted molar refractivity (Wildman–Crippen MR) is 104 cm³/mol. The smallest absolute Gasteiger partial charge is 0.236 e. The quantitative estimate of drug-likeness (QED) is 0.850. The topological polar surface area (TPSA) is 49.6 Å². The van der Waals surface area contributed by atoms with Crippen LogP contribution in [0.4, 0.5) is 5.69 Å². The highest BCUT2D eigenvalue weighted by Gasteiger charge is 2.31. The fraction of sp³-hybridized carbons (Fsp3) is 0.278. The summed E-state index contributed by atoms with van der Waals surface area (Å²) in [5, 5.41) is 1.85. The largest absolute Gasteiger partial charge is 0.360 e. The number of rotatable bonds is 3. The van der Waals surface area contributed by atoms with Gasteiger partial charge >= 0.3 is 0 Å². The Kier molecular flexibility index (Phi) is 5.74. The van der Waals surface area contributed by atoms with Crippen molar-refractivity contribution in [3.05, 3.63) is 63.1 Å². The normalized spacial score (nSPS) is 17.7. The van der Waals surface area contributed by atoms with E-state index in [-0.39, 0.29) is 18.5 Å². The van der Waals surface area contributed by atoms with Gasteiger partial charge in [-0.15, -0.1) is 0 Å². The number of carbonyl (C=O) groups is 1. The Hall–Kier alpha value is -1.46. The monoisotopic (exact) mass is 397 g/mol. The van der Waals surface area contributed by atoms with Crippen LogP contribution in [0, 0.1) is 0 Å². The molecule has 1 aliphatic rings. The third kappa shape index (κ3) is 4.04. The Bertz CT molecular complexity index is 767. The minimum Gasteiger partial charge on any atom is -0.360 e. The summed E-state index contributed by atoms with van der Waals surface area (Å²) >= 11 is 18.5. The van der Waals surface area contributed by atoms with Crippen LogP contribution in [-0.2, 0) is 4.79 Å². The second-order valence-electron chi connectivity index (χ2n) is 5.90. The lowest BCUT2D eigenvalue weighted by Crippen LogP contribution is -2.52. The van der Waals surface area contributed by atoms with Gasteiger partial charge in [0.2, 0.25) is 5.91 Å². The lowest BCUT2D eigenvalue weighted by Gasteiger charge is -2.43. The molecule has 0 saturated carbocycles. The summed E-state index contributed by atoms with van der Waals surface area (Å²) in [6.07, 6.45) is 0. The first-order valence-electron chi connectivity index (χ1n) is 7.94. The van der Waals surface area contributed by atoms with Gasteiger partial charge in [-0.2, -0.15) is 0 Å². The van der Waals surface area contributed by atoms with Crippen LogP contribution in [0.5, 0.6) is 0 Å². The van der Waals surface area contributed by atoms with Gasteiger partial charge in [-0.3, -0.25) is 4.79 Å². The van der Waals surface area contributed by atoms with Crippen LogP contribution >= 0.6 is 34.8 Å². The van der Waals surface area contributed by atoms with Crippen molar-refractivity contribution in [2.45, 2.75) is 6.04 Å². The summed E-state index contributed by atoms with van der Waals surface area (Å²) in [6.45, 7) is 1.80. The van der Waals surface area contributed by atoms with Gasteiger partial charge in [0.05, 0.1) is 23.3 Å². The third-order valence-electron chi connectivity index (χ3n) is 4.38. The first kappa shape index (κ1) is 18.3. The third-order valence-corrected chi connectivity index (χ3v) is 5.17.